The molecular formula is C24H18BrClFN3O. The third kappa shape index (κ3) is 3.44. The summed E-state index contributed by atoms with van der Waals surface area (Å²) in [7, 11) is 0. The Morgan fingerprint density at radius 3 is 2.58 bits per heavy atom. The smallest absolute Gasteiger partial charge is 0.252 e. The fraction of sp³-hybridized carbons (Fsp3) is 0.167. The standard InChI is InChI=1S/C24H18BrClFN3O/c1-13-5-10-18(12-19(13)25)30-23(15-3-2-4-17(27)11-15)20-21(28-29-22(20)24(30)31)14-6-8-16(26)9-7-14/h2-12,20,22-23,29H,1H3. The number of hydrazone groups is 1. The van der Waals surface area contributed by atoms with E-state index in [1.54, 1.807) is 23.1 Å². The maximum absolute atomic E-state index is 14.2. The number of hydrogen-bond donors (Lipinski definition) is 1. The first kappa shape index (κ1) is 20.2. The lowest BCUT2D eigenvalue weighted by molar-refractivity contribution is -0.119. The molecule has 4 nitrogen and oxygen atoms in total. The van der Waals surface area contributed by atoms with Gasteiger partial charge >= 0.3 is 0 Å². The highest BCUT2D eigenvalue weighted by Gasteiger charge is 2.54. The summed E-state index contributed by atoms with van der Waals surface area (Å²) in [6.07, 6.45) is 0. The van der Waals surface area contributed by atoms with Crippen LogP contribution in [-0.2, 0) is 4.79 Å². The maximum atomic E-state index is 14.2. The molecule has 1 saturated heterocycles. The predicted octanol–water partition coefficient (Wildman–Crippen LogP) is 5.63. The molecule has 0 spiro atoms. The lowest BCUT2D eigenvalue weighted by Crippen LogP contribution is -2.36. The van der Waals surface area contributed by atoms with Crippen LogP contribution in [0.5, 0.6) is 0 Å². The number of anilines is 1. The third-order valence-corrected chi connectivity index (χ3v) is 6.99. The van der Waals surface area contributed by atoms with Crippen LogP contribution in [0.4, 0.5) is 10.1 Å². The van der Waals surface area contributed by atoms with E-state index in [9.17, 15) is 9.18 Å². The summed E-state index contributed by atoms with van der Waals surface area (Å²) in [6.45, 7) is 1.99. The van der Waals surface area contributed by atoms with Gasteiger partial charge in [0.25, 0.3) is 5.91 Å². The minimum Gasteiger partial charge on any atom is -0.302 e. The van der Waals surface area contributed by atoms with Crippen LogP contribution in [0.15, 0.2) is 76.3 Å². The highest BCUT2D eigenvalue weighted by molar-refractivity contribution is 9.10. The van der Waals surface area contributed by atoms with E-state index < -0.39 is 12.1 Å². The van der Waals surface area contributed by atoms with Gasteiger partial charge in [-0.05, 0) is 60.0 Å². The first-order chi connectivity index (χ1) is 14.9. The maximum Gasteiger partial charge on any atom is 0.252 e. The van der Waals surface area contributed by atoms with Crippen LogP contribution in [0.1, 0.15) is 22.7 Å². The van der Waals surface area contributed by atoms with Gasteiger partial charge in [0.2, 0.25) is 0 Å². The molecule has 31 heavy (non-hydrogen) atoms. The van der Waals surface area contributed by atoms with Gasteiger partial charge in [0.1, 0.15) is 11.9 Å². The summed E-state index contributed by atoms with van der Waals surface area (Å²) in [5, 5.41) is 5.13. The molecule has 5 rings (SSSR count). The molecule has 7 heteroatoms. The van der Waals surface area contributed by atoms with Crippen LogP contribution in [0.25, 0.3) is 0 Å². The van der Waals surface area contributed by atoms with Crippen molar-refractivity contribution in [1.82, 2.24) is 5.43 Å². The van der Waals surface area contributed by atoms with Gasteiger partial charge in [0.15, 0.2) is 0 Å². The Bertz CT molecular complexity index is 1210. The third-order valence-electron chi connectivity index (χ3n) is 5.88. The number of nitrogens with zero attached hydrogens (tertiary/aromatic N) is 2. The SMILES string of the molecule is Cc1ccc(N2C(=O)C3NN=C(c4ccc(Cl)cc4)C3C2c2cccc(F)c2)cc1Br. The summed E-state index contributed by atoms with van der Waals surface area (Å²) >= 11 is 9.63. The molecule has 0 aliphatic carbocycles. The summed E-state index contributed by atoms with van der Waals surface area (Å²) < 4.78 is 15.1. The van der Waals surface area contributed by atoms with Gasteiger partial charge in [0, 0.05) is 15.2 Å². The molecule has 156 valence electrons. The van der Waals surface area contributed by atoms with Crippen molar-refractivity contribution in [3.05, 3.63) is 98.7 Å². The van der Waals surface area contributed by atoms with E-state index in [4.69, 9.17) is 11.6 Å². The van der Waals surface area contributed by atoms with E-state index in [0.717, 1.165) is 32.6 Å². The van der Waals surface area contributed by atoms with Gasteiger partial charge in [-0.25, -0.2) is 4.39 Å². The number of hydrogen-bond acceptors (Lipinski definition) is 3. The molecule has 0 saturated carbocycles. The largest absolute Gasteiger partial charge is 0.302 e. The van der Waals surface area contributed by atoms with Crippen molar-refractivity contribution < 1.29 is 9.18 Å². The quantitative estimate of drug-likeness (QED) is 0.509. The molecule has 0 aromatic heterocycles. The van der Waals surface area contributed by atoms with Crippen molar-refractivity contribution >= 4 is 44.8 Å². The van der Waals surface area contributed by atoms with Crippen LogP contribution < -0.4 is 10.3 Å². The fourth-order valence-electron chi connectivity index (χ4n) is 4.38. The Morgan fingerprint density at radius 2 is 1.87 bits per heavy atom. The molecule has 2 heterocycles. The molecule has 1 N–H and O–H groups in total. The Labute approximate surface area is 192 Å². The number of aryl methyl sites for hydroxylation is 1. The molecule has 3 atom stereocenters. The van der Waals surface area contributed by atoms with Gasteiger partial charge in [0.05, 0.1) is 17.7 Å². The first-order valence-corrected chi connectivity index (χ1v) is 11.0. The molecule has 1 amide bonds. The predicted molar refractivity (Wildman–Crippen MR) is 124 cm³/mol. The Balaban J connectivity index is 1.66. The first-order valence-electron chi connectivity index (χ1n) is 9.88. The topological polar surface area (TPSA) is 44.7 Å². The second-order valence-corrected chi connectivity index (χ2v) is 9.07. The zero-order valence-corrected chi connectivity index (χ0v) is 18.9. The Kier molecular flexibility index (Phi) is 5.07. The van der Waals surface area contributed by atoms with Gasteiger partial charge in [-0.2, -0.15) is 5.10 Å². The molecule has 3 unspecified atom stereocenters. The van der Waals surface area contributed by atoms with Crippen molar-refractivity contribution in [2.45, 2.75) is 19.0 Å². The fourth-order valence-corrected chi connectivity index (χ4v) is 4.88. The van der Waals surface area contributed by atoms with Crippen LogP contribution in [0.3, 0.4) is 0 Å². The van der Waals surface area contributed by atoms with Gasteiger partial charge in [-0.1, -0.05) is 57.9 Å². The van der Waals surface area contributed by atoms with Crippen molar-refractivity contribution in [2.75, 3.05) is 4.90 Å². The number of amides is 1. The summed E-state index contributed by atoms with van der Waals surface area (Å²) in [5.41, 5.74) is 7.22. The summed E-state index contributed by atoms with van der Waals surface area (Å²) in [6, 6.07) is 18.7. The van der Waals surface area contributed by atoms with Crippen molar-refractivity contribution in [3.63, 3.8) is 0 Å². The number of rotatable bonds is 3. The van der Waals surface area contributed by atoms with E-state index in [-0.39, 0.29) is 17.6 Å². The van der Waals surface area contributed by atoms with E-state index in [1.165, 1.54) is 12.1 Å². The molecular weight excluding hydrogens is 481 g/mol. The number of benzene rings is 3. The second-order valence-electron chi connectivity index (χ2n) is 7.78. The average Bonchev–Trinajstić information content (AvgIpc) is 3.30. The Morgan fingerprint density at radius 1 is 1.10 bits per heavy atom. The number of fused-ring (bicyclic) bond motifs is 1. The number of nitrogens with one attached hydrogen (secondary N) is 1. The molecule has 3 aromatic carbocycles. The van der Waals surface area contributed by atoms with Gasteiger partial charge in [-0.3, -0.25) is 10.2 Å². The minimum atomic E-state index is -0.529. The molecule has 2 aliphatic heterocycles. The van der Waals surface area contributed by atoms with Crippen LogP contribution in [0, 0.1) is 18.7 Å². The van der Waals surface area contributed by atoms with Crippen LogP contribution in [0.2, 0.25) is 5.02 Å². The molecule has 0 bridgehead atoms. The van der Waals surface area contributed by atoms with Crippen molar-refractivity contribution in [3.8, 4) is 0 Å². The molecule has 0 radical (unpaired) electrons. The zero-order valence-electron chi connectivity index (χ0n) is 16.5. The van der Waals surface area contributed by atoms with E-state index in [2.05, 4.69) is 26.5 Å². The van der Waals surface area contributed by atoms with Gasteiger partial charge < -0.3 is 4.90 Å². The van der Waals surface area contributed by atoms with Crippen LogP contribution in [-0.4, -0.2) is 17.7 Å². The molecule has 1 fully saturated rings. The lowest BCUT2D eigenvalue weighted by atomic mass is 9.85. The number of halogens is 3. The normalized spacial score (nSPS) is 22.3. The highest BCUT2D eigenvalue weighted by atomic mass is 79.9. The number of carbonyl (C=O) groups excluding carboxylic acids is 1. The summed E-state index contributed by atoms with van der Waals surface area (Å²) in [4.78, 5) is 15.3. The van der Waals surface area contributed by atoms with E-state index >= 15 is 0 Å². The van der Waals surface area contributed by atoms with Crippen LogP contribution >= 0.6 is 27.5 Å². The van der Waals surface area contributed by atoms with E-state index in [1.807, 2.05) is 43.3 Å². The average molecular weight is 499 g/mol. The molecule has 3 aromatic rings. The van der Waals surface area contributed by atoms with Crippen molar-refractivity contribution in [1.29, 1.82) is 0 Å². The summed E-state index contributed by atoms with van der Waals surface area (Å²) in [5.74, 6) is -0.715. The van der Waals surface area contributed by atoms with E-state index in [0.29, 0.717) is 5.02 Å². The highest BCUT2D eigenvalue weighted by Crippen LogP contribution is 2.45. The minimum absolute atomic E-state index is 0.0947. The van der Waals surface area contributed by atoms with Gasteiger partial charge in [-0.15, -0.1) is 0 Å². The van der Waals surface area contributed by atoms with Crippen molar-refractivity contribution in [2.24, 2.45) is 11.0 Å². The monoisotopic (exact) mass is 497 g/mol. The Hall–Kier alpha value is -2.70. The second kappa shape index (κ2) is 7.77. The lowest BCUT2D eigenvalue weighted by Gasteiger charge is -2.29. The number of carbonyl (C=O) groups is 1. The zero-order chi connectivity index (χ0) is 21.7. The molecule has 2 aliphatic rings.